The largest absolute Gasteiger partial charge is 0.336 e. The molecule has 126 valence electrons. The molecule has 3 aromatic rings. The van der Waals surface area contributed by atoms with Crippen LogP contribution in [0.4, 0.5) is 0 Å². The maximum Gasteiger partial charge on any atom is 0.335 e. The Kier molecular flexibility index (Phi) is 4.00. The standard InChI is InChI=1S/C19H22NO3P/c1-3-22-24(21,23-4-2)19-13-18(19)20-16-11-7-5-9-14(16)15-10-6-8-12-17(15)20/h5-12,18-19H,3-4,13H2,1-2H3/t18-,19-/m1/s1. The fraction of sp³-hybridized carbons (Fsp3) is 0.368. The molecule has 0 unspecified atom stereocenters. The minimum absolute atomic E-state index is 0.0587. The third-order valence-electron chi connectivity index (χ3n) is 4.70. The summed E-state index contributed by atoms with van der Waals surface area (Å²) >= 11 is 0. The summed E-state index contributed by atoms with van der Waals surface area (Å²) in [5, 5.41) is 2.47. The van der Waals surface area contributed by atoms with Gasteiger partial charge in [-0.05, 0) is 32.4 Å². The van der Waals surface area contributed by atoms with Crippen LogP contribution in [0.3, 0.4) is 0 Å². The molecule has 1 fully saturated rings. The van der Waals surface area contributed by atoms with E-state index in [1.54, 1.807) is 0 Å². The molecular weight excluding hydrogens is 321 g/mol. The summed E-state index contributed by atoms with van der Waals surface area (Å²) in [4.78, 5) is 0. The highest BCUT2D eigenvalue weighted by Crippen LogP contribution is 2.67. The molecule has 0 saturated heterocycles. The van der Waals surface area contributed by atoms with Gasteiger partial charge in [-0.15, -0.1) is 0 Å². The van der Waals surface area contributed by atoms with Gasteiger partial charge in [-0.1, -0.05) is 36.4 Å². The summed E-state index contributed by atoms with van der Waals surface area (Å²) in [5.41, 5.74) is 2.31. The summed E-state index contributed by atoms with van der Waals surface area (Å²) in [6, 6.07) is 17.0. The molecular formula is C19H22NO3P. The van der Waals surface area contributed by atoms with Gasteiger partial charge in [0.15, 0.2) is 0 Å². The summed E-state index contributed by atoms with van der Waals surface area (Å²) in [6.07, 6.45) is 0.833. The number of fused-ring (bicyclic) bond motifs is 3. The van der Waals surface area contributed by atoms with E-state index in [9.17, 15) is 4.57 Å². The van der Waals surface area contributed by atoms with Crippen molar-refractivity contribution in [2.24, 2.45) is 0 Å². The lowest BCUT2D eigenvalue weighted by Gasteiger charge is -2.17. The lowest BCUT2D eigenvalue weighted by molar-refractivity contribution is 0.218. The second kappa shape index (κ2) is 6.03. The molecule has 1 aliphatic rings. The highest BCUT2D eigenvalue weighted by Gasteiger charge is 2.54. The van der Waals surface area contributed by atoms with Crippen molar-refractivity contribution in [1.82, 2.24) is 4.57 Å². The Labute approximate surface area is 141 Å². The normalized spacial score (nSPS) is 20.8. The Morgan fingerprint density at radius 3 is 1.96 bits per heavy atom. The number of rotatable bonds is 6. The summed E-state index contributed by atoms with van der Waals surface area (Å²) in [7, 11) is -3.05. The van der Waals surface area contributed by atoms with Crippen molar-refractivity contribution < 1.29 is 13.6 Å². The second-order valence-corrected chi connectivity index (χ2v) is 8.41. The van der Waals surface area contributed by atoms with Crippen molar-refractivity contribution in [1.29, 1.82) is 0 Å². The van der Waals surface area contributed by atoms with Crippen LogP contribution in [0.25, 0.3) is 21.8 Å². The zero-order valence-electron chi connectivity index (χ0n) is 14.0. The first-order valence-electron chi connectivity index (χ1n) is 8.56. The van der Waals surface area contributed by atoms with Crippen LogP contribution in [0, 0.1) is 0 Å². The molecule has 4 nitrogen and oxygen atoms in total. The number of benzene rings is 2. The lowest BCUT2D eigenvalue weighted by atomic mass is 10.2. The number of aromatic nitrogens is 1. The van der Waals surface area contributed by atoms with Crippen molar-refractivity contribution in [2.45, 2.75) is 32.0 Å². The highest BCUT2D eigenvalue weighted by atomic mass is 31.2. The van der Waals surface area contributed by atoms with Gasteiger partial charge in [0.2, 0.25) is 0 Å². The van der Waals surface area contributed by atoms with E-state index in [4.69, 9.17) is 9.05 Å². The molecule has 1 heterocycles. The van der Waals surface area contributed by atoms with Gasteiger partial charge in [0.25, 0.3) is 0 Å². The van der Waals surface area contributed by atoms with Gasteiger partial charge < -0.3 is 13.6 Å². The van der Waals surface area contributed by atoms with Crippen LogP contribution in [-0.4, -0.2) is 23.4 Å². The van der Waals surface area contributed by atoms with Gasteiger partial charge in [0.1, 0.15) is 0 Å². The zero-order valence-corrected chi connectivity index (χ0v) is 14.9. The van der Waals surface area contributed by atoms with Crippen LogP contribution in [0.5, 0.6) is 0 Å². The van der Waals surface area contributed by atoms with Crippen LogP contribution in [-0.2, 0) is 13.6 Å². The number of para-hydroxylation sites is 2. The predicted molar refractivity (Wildman–Crippen MR) is 97.7 cm³/mol. The van der Waals surface area contributed by atoms with E-state index in [0.717, 1.165) is 6.42 Å². The fourth-order valence-corrected chi connectivity index (χ4v) is 5.89. The van der Waals surface area contributed by atoms with Crippen molar-refractivity contribution in [2.75, 3.05) is 13.2 Å². The summed E-state index contributed by atoms with van der Waals surface area (Å²) in [5.74, 6) is 0. The molecule has 0 radical (unpaired) electrons. The minimum atomic E-state index is -3.05. The van der Waals surface area contributed by atoms with E-state index >= 15 is 0 Å². The van der Waals surface area contributed by atoms with Gasteiger partial charge in [0, 0.05) is 27.8 Å². The Balaban J connectivity index is 1.82. The van der Waals surface area contributed by atoms with Crippen LogP contribution in [0.15, 0.2) is 48.5 Å². The van der Waals surface area contributed by atoms with Crippen LogP contribution < -0.4 is 0 Å². The van der Waals surface area contributed by atoms with Crippen molar-refractivity contribution >= 4 is 29.4 Å². The Bertz CT molecular complexity index is 869. The monoisotopic (exact) mass is 343 g/mol. The van der Waals surface area contributed by atoms with Gasteiger partial charge >= 0.3 is 7.60 Å². The van der Waals surface area contributed by atoms with Crippen molar-refractivity contribution in [3.05, 3.63) is 48.5 Å². The minimum Gasteiger partial charge on any atom is -0.336 e. The molecule has 0 aliphatic heterocycles. The first kappa shape index (κ1) is 15.9. The molecule has 4 rings (SSSR count). The maximum absolute atomic E-state index is 13.1. The van der Waals surface area contributed by atoms with E-state index in [1.165, 1.54) is 21.8 Å². The van der Waals surface area contributed by atoms with Crippen LogP contribution >= 0.6 is 7.60 Å². The average molecular weight is 343 g/mol. The first-order valence-corrected chi connectivity index (χ1v) is 10.2. The van der Waals surface area contributed by atoms with E-state index < -0.39 is 7.60 Å². The molecule has 0 N–H and O–H groups in total. The van der Waals surface area contributed by atoms with E-state index in [1.807, 2.05) is 13.8 Å². The lowest BCUT2D eigenvalue weighted by Crippen LogP contribution is -2.05. The molecule has 2 aromatic carbocycles. The Morgan fingerprint density at radius 2 is 1.46 bits per heavy atom. The van der Waals surface area contributed by atoms with Gasteiger partial charge in [-0.25, -0.2) is 0 Å². The van der Waals surface area contributed by atoms with Crippen LogP contribution in [0.1, 0.15) is 26.3 Å². The van der Waals surface area contributed by atoms with E-state index in [-0.39, 0.29) is 11.7 Å². The van der Waals surface area contributed by atoms with Gasteiger partial charge in [0.05, 0.1) is 18.9 Å². The quantitative estimate of drug-likeness (QED) is 0.565. The number of nitrogens with zero attached hydrogens (tertiary/aromatic N) is 1. The topological polar surface area (TPSA) is 40.5 Å². The zero-order chi connectivity index (χ0) is 16.7. The van der Waals surface area contributed by atoms with E-state index in [2.05, 4.69) is 53.1 Å². The maximum atomic E-state index is 13.1. The van der Waals surface area contributed by atoms with Crippen LogP contribution in [0.2, 0.25) is 0 Å². The molecule has 0 amide bonds. The number of hydrogen-bond donors (Lipinski definition) is 0. The number of hydrogen-bond acceptors (Lipinski definition) is 3. The average Bonchev–Trinajstić information content (AvgIpc) is 3.32. The predicted octanol–water partition coefficient (Wildman–Crippen LogP) is 5.37. The molecule has 0 bridgehead atoms. The Hall–Kier alpha value is -1.61. The summed E-state index contributed by atoms with van der Waals surface area (Å²) in [6.45, 7) is 4.55. The third kappa shape index (κ3) is 2.41. The molecule has 5 heteroatoms. The molecule has 1 saturated carbocycles. The molecule has 1 aromatic heterocycles. The van der Waals surface area contributed by atoms with Crippen molar-refractivity contribution in [3.8, 4) is 0 Å². The highest BCUT2D eigenvalue weighted by molar-refractivity contribution is 7.55. The SMILES string of the molecule is CCOP(=O)(OCC)[C@@H]1C[C@H]1n1c2ccccc2c2ccccc21. The molecule has 2 atom stereocenters. The van der Waals surface area contributed by atoms with Crippen molar-refractivity contribution in [3.63, 3.8) is 0 Å². The summed E-state index contributed by atoms with van der Waals surface area (Å²) < 4.78 is 26.5. The van der Waals surface area contributed by atoms with Gasteiger partial charge in [-0.2, -0.15) is 0 Å². The van der Waals surface area contributed by atoms with E-state index in [0.29, 0.717) is 13.2 Å². The first-order chi connectivity index (χ1) is 11.7. The molecule has 1 aliphatic carbocycles. The van der Waals surface area contributed by atoms with Gasteiger partial charge in [-0.3, -0.25) is 4.57 Å². The fourth-order valence-electron chi connectivity index (χ4n) is 3.68. The molecule has 0 spiro atoms. The smallest absolute Gasteiger partial charge is 0.335 e. The molecule has 24 heavy (non-hydrogen) atoms. The second-order valence-electron chi connectivity index (χ2n) is 6.15. The Morgan fingerprint density at radius 1 is 0.958 bits per heavy atom. The third-order valence-corrected chi connectivity index (χ3v) is 7.30.